The first-order valence-electron chi connectivity index (χ1n) is 5.10. The van der Waals surface area contributed by atoms with Gasteiger partial charge in [-0.3, -0.25) is 0 Å². The van der Waals surface area contributed by atoms with E-state index in [2.05, 4.69) is 19.2 Å². The van der Waals surface area contributed by atoms with Gasteiger partial charge in [-0.2, -0.15) is 4.31 Å². The SMILES string of the molecule is CC(C)C1CNCCCN1S(C)(=O)=O. The lowest BCUT2D eigenvalue weighted by molar-refractivity contribution is 0.273. The third-order valence-corrected chi connectivity index (χ3v) is 3.96. The van der Waals surface area contributed by atoms with Gasteiger partial charge in [0, 0.05) is 19.1 Å². The van der Waals surface area contributed by atoms with Crippen LogP contribution in [0, 0.1) is 5.92 Å². The van der Waals surface area contributed by atoms with Gasteiger partial charge in [0.15, 0.2) is 0 Å². The van der Waals surface area contributed by atoms with E-state index in [0.717, 1.165) is 19.5 Å². The summed E-state index contributed by atoms with van der Waals surface area (Å²) >= 11 is 0. The molecule has 1 saturated heterocycles. The molecule has 0 radical (unpaired) electrons. The van der Waals surface area contributed by atoms with Crippen molar-refractivity contribution in [3.05, 3.63) is 0 Å². The molecule has 1 unspecified atom stereocenters. The molecule has 0 aromatic carbocycles. The van der Waals surface area contributed by atoms with E-state index in [9.17, 15) is 8.42 Å². The van der Waals surface area contributed by atoms with E-state index in [1.165, 1.54) is 6.26 Å². The number of nitrogens with zero attached hydrogens (tertiary/aromatic N) is 1. The Bertz CT molecular complexity index is 275. The smallest absolute Gasteiger partial charge is 0.211 e. The molecule has 4 nitrogen and oxygen atoms in total. The Morgan fingerprint density at radius 3 is 2.57 bits per heavy atom. The molecule has 1 atom stereocenters. The molecular weight excluding hydrogens is 200 g/mol. The average Bonchev–Trinajstić information content (AvgIpc) is 2.26. The number of hydrogen-bond acceptors (Lipinski definition) is 3. The molecule has 0 aliphatic carbocycles. The fourth-order valence-electron chi connectivity index (χ4n) is 1.86. The summed E-state index contributed by atoms with van der Waals surface area (Å²) < 4.78 is 24.7. The van der Waals surface area contributed by atoms with Gasteiger partial charge < -0.3 is 5.32 Å². The maximum Gasteiger partial charge on any atom is 0.211 e. The molecule has 0 saturated carbocycles. The first-order valence-corrected chi connectivity index (χ1v) is 6.95. The summed E-state index contributed by atoms with van der Waals surface area (Å²) in [5.41, 5.74) is 0. The van der Waals surface area contributed by atoms with Crippen LogP contribution >= 0.6 is 0 Å². The minimum Gasteiger partial charge on any atom is -0.315 e. The van der Waals surface area contributed by atoms with Crippen molar-refractivity contribution >= 4 is 10.0 Å². The molecule has 5 heteroatoms. The van der Waals surface area contributed by atoms with Crippen LogP contribution in [0.25, 0.3) is 0 Å². The van der Waals surface area contributed by atoms with Gasteiger partial charge in [0.2, 0.25) is 10.0 Å². The molecule has 14 heavy (non-hydrogen) atoms. The van der Waals surface area contributed by atoms with Crippen LogP contribution in [0.2, 0.25) is 0 Å². The largest absolute Gasteiger partial charge is 0.315 e. The molecule has 1 fully saturated rings. The molecule has 1 heterocycles. The minimum atomic E-state index is -3.05. The summed E-state index contributed by atoms with van der Waals surface area (Å²) in [4.78, 5) is 0. The zero-order valence-electron chi connectivity index (χ0n) is 9.16. The van der Waals surface area contributed by atoms with Crippen molar-refractivity contribution in [1.82, 2.24) is 9.62 Å². The molecule has 1 aliphatic rings. The maximum atomic E-state index is 11.6. The summed E-state index contributed by atoms with van der Waals surface area (Å²) in [5, 5.41) is 3.27. The highest BCUT2D eigenvalue weighted by atomic mass is 32.2. The fourth-order valence-corrected chi connectivity index (χ4v) is 3.13. The molecule has 1 N–H and O–H groups in total. The summed E-state index contributed by atoms with van der Waals surface area (Å²) in [5.74, 6) is 0.357. The Hall–Kier alpha value is -0.130. The minimum absolute atomic E-state index is 0.104. The van der Waals surface area contributed by atoms with E-state index >= 15 is 0 Å². The van der Waals surface area contributed by atoms with Crippen LogP contribution < -0.4 is 5.32 Å². The van der Waals surface area contributed by atoms with Crippen molar-refractivity contribution in [2.45, 2.75) is 26.3 Å². The topological polar surface area (TPSA) is 49.4 Å². The van der Waals surface area contributed by atoms with Gasteiger partial charge in [-0.1, -0.05) is 13.8 Å². The molecule has 0 aromatic heterocycles. The van der Waals surface area contributed by atoms with Crippen LogP contribution in [0.1, 0.15) is 20.3 Å². The summed E-state index contributed by atoms with van der Waals surface area (Å²) in [6, 6.07) is 0.104. The second-order valence-corrected chi connectivity index (χ2v) is 6.18. The number of nitrogens with one attached hydrogen (secondary N) is 1. The first kappa shape index (κ1) is 11.9. The number of rotatable bonds is 2. The number of sulfonamides is 1. The fraction of sp³-hybridized carbons (Fsp3) is 1.00. The van der Waals surface area contributed by atoms with E-state index in [1.807, 2.05) is 0 Å². The van der Waals surface area contributed by atoms with Gasteiger partial charge in [0.05, 0.1) is 6.26 Å². The molecule has 0 bridgehead atoms. The van der Waals surface area contributed by atoms with Crippen molar-refractivity contribution in [3.8, 4) is 0 Å². The summed E-state index contributed by atoms with van der Waals surface area (Å²) in [6.45, 7) is 6.46. The van der Waals surface area contributed by atoms with Crippen LogP contribution in [-0.2, 0) is 10.0 Å². The van der Waals surface area contributed by atoms with Gasteiger partial charge in [-0.05, 0) is 18.9 Å². The molecule has 84 valence electrons. The van der Waals surface area contributed by atoms with Crippen LogP contribution in [0.4, 0.5) is 0 Å². The van der Waals surface area contributed by atoms with E-state index in [0.29, 0.717) is 12.5 Å². The van der Waals surface area contributed by atoms with Gasteiger partial charge in [0.1, 0.15) is 0 Å². The summed E-state index contributed by atoms with van der Waals surface area (Å²) in [6.07, 6.45) is 2.20. The maximum absolute atomic E-state index is 11.6. The number of hydrogen-bond donors (Lipinski definition) is 1. The van der Waals surface area contributed by atoms with E-state index < -0.39 is 10.0 Å². The van der Waals surface area contributed by atoms with Crippen molar-refractivity contribution in [1.29, 1.82) is 0 Å². The highest BCUT2D eigenvalue weighted by Crippen LogP contribution is 2.16. The van der Waals surface area contributed by atoms with Crippen molar-refractivity contribution in [2.24, 2.45) is 5.92 Å². The predicted octanol–water partition coefficient (Wildman–Crippen LogP) is 0.266. The highest BCUT2D eigenvalue weighted by Gasteiger charge is 2.29. The normalized spacial score (nSPS) is 26.4. The van der Waals surface area contributed by atoms with E-state index in [4.69, 9.17) is 0 Å². The van der Waals surface area contributed by atoms with Gasteiger partial charge in [-0.15, -0.1) is 0 Å². The van der Waals surface area contributed by atoms with Gasteiger partial charge in [0.25, 0.3) is 0 Å². The third kappa shape index (κ3) is 2.93. The monoisotopic (exact) mass is 220 g/mol. The third-order valence-electron chi connectivity index (χ3n) is 2.65. The van der Waals surface area contributed by atoms with Crippen LogP contribution in [0.5, 0.6) is 0 Å². The predicted molar refractivity (Wildman–Crippen MR) is 57.7 cm³/mol. The second kappa shape index (κ2) is 4.59. The molecule has 1 rings (SSSR count). The highest BCUT2D eigenvalue weighted by molar-refractivity contribution is 7.88. The van der Waals surface area contributed by atoms with Crippen LogP contribution in [0.15, 0.2) is 0 Å². The Morgan fingerprint density at radius 1 is 1.43 bits per heavy atom. The zero-order valence-corrected chi connectivity index (χ0v) is 9.97. The Morgan fingerprint density at radius 2 is 2.07 bits per heavy atom. The lowest BCUT2D eigenvalue weighted by Crippen LogP contribution is -2.46. The molecule has 0 aromatic rings. The quantitative estimate of drug-likeness (QED) is 0.726. The van der Waals surface area contributed by atoms with Crippen LogP contribution in [0.3, 0.4) is 0 Å². The second-order valence-electron chi connectivity index (χ2n) is 4.24. The van der Waals surface area contributed by atoms with Gasteiger partial charge >= 0.3 is 0 Å². The standard InChI is InChI=1S/C9H20N2O2S/c1-8(2)9-7-10-5-4-6-11(9)14(3,12)13/h8-10H,4-7H2,1-3H3. The van der Waals surface area contributed by atoms with E-state index in [-0.39, 0.29) is 6.04 Å². The Labute approximate surface area is 86.7 Å². The van der Waals surface area contributed by atoms with Crippen LogP contribution in [-0.4, -0.2) is 44.7 Å². The van der Waals surface area contributed by atoms with Crippen molar-refractivity contribution in [3.63, 3.8) is 0 Å². The van der Waals surface area contributed by atoms with Gasteiger partial charge in [-0.25, -0.2) is 8.42 Å². The Kier molecular flexibility index (Phi) is 3.92. The van der Waals surface area contributed by atoms with E-state index in [1.54, 1.807) is 4.31 Å². The first-order chi connectivity index (χ1) is 6.43. The zero-order chi connectivity index (χ0) is 10.8. The summed E-state index contributed by atoms with van der Waals surface area (Å²) in [7, 11) is -3.05. The molecular formula is C9H20N2O2S. The molecule has 0 spiro atoms. The molecule has 1 aliphatic heterocycles. The van der Waals surface area contributed by atoms with Crippen molar-refractivity contribution in [2.75, 3.05) is 25.9 Å². The van der Waals surface area contributed by atoms with Crippen molar-refractivity contribution < 1.29 is 8.42 Å². The Balaban J connectivity index is 2.85. The lowest BCUT2D eigenvalue weighted by atomic mass is 10.1. The molecule has 0 amide bonds. The average molecular weight is 220 g/mol. The lowest BCUT2D eigenvalue weighted by Gasteiger charge is -2.30.